The van der Waals surface area contributed by atoms with Crippen molar-refractivity contribution >= 4 is 39.9 Å². The second kappa shape index (κ2) is 10.8. The van der Waals surface area contributed by atoms with Crippen molar-refractivity contribution in [1.29, 1.82) is 0 Å². The summed E-state index contributed by atoms with van der Waals surface area (Å²) < 4.78 is 25.1. The van der Waals surface area contributed by atoms with Gasteiger partial charge in [-0.2, -0.15) is 9.97 Å². The summed E-state index contributed by atoms with van der Waals surface area (Å²) in [7, 11) is 1.50. The number of fused-ring (bicyclic) bond motifs is 1. The topological polar surface area (TPSA) is 88.6 Å². The molecular formula is C24H27ClFN5O3. The van der Waals surface area contributed by atoms with Crippen LogP contribution in [0.15, 0.2) is 36.4 Å². The predicted molar refractivity (Wildman–Crippen MR) is 130 cm³/mol. The number of rotatable bonds is 8. The lowest BCUT2D eigenvalue weighted by Crippen LogP contribution is -2.41. The zero-order chi connectivity index (χ0) is 24.1. The molecule has 1 saturated heterocycles. The molecule has 0 unspecified atom stereocenters. The molecule has 1 aliphatic heterocycles. The molecule has 1 aliphatic rings. The summed E-state index contributed by atoms with van der Waals surface area (Å²) in [6, 6.07) is 10.2. The number of anilines is 2. The molecule has 0 saturated carbocycles. The van der Waals surface area contributed by atoms with Gasteiger partial charge in [0.15, 0.2) is 0 Å². The lowest BCUT2D eigenvalue weighted by atomic mass is 10.1. The van der Waals surface area contributed by atoms with Crippen molar-refractivity contribution in [3.8, 4) is 11.8 Å². The fourth-order valence-electron chi connectivity index (χ4n) is 3.89. The molecule has 8 nitrogen and oxygen atoms in total. The summed E-state index contributed by atoms with van der Waals surface area (Å²) in [6.07, 6.45) is 1.90. The zero-order valence-corrected chi connectivity index (χ0v) is 19.9. The van der Waals surface area contributed by atoms with Crippen LogP contribution in [0.1, 0.15) is 19.8 Å². The molecule has 1 aromatic heterocycles. The number of nitrogens with zero attached hydrogens (tertiary/aromatic N) is 3. The van der Waals surface area contributed by atoms with Gasteiger partial charge in [-0.25, -0.2) is 4.39 Å². The maximum atomic E-state index is 13.6. The third-order valence-electron chi connectivity index (χ3n) is 5.65. The third kappa shape index (κ3) is 6.03. The number of carbonyl (C=O) groups excluding carboxylic acids is 1. The smallest absolute Gasteiger partial charge is 0.318 e. The van der Waals surface area contributed by atoms with Gasteiger partial charge >= 0.3 is 6.01 Å². The van der Waals surface area contributed by atoms with Crippen LogP contribution in [0.5, 0.6) is 11.8 Å². The van der Waals surface area contributed by atoms with Gasteiger partial charge in [0, 0.05) is 44.2 Å². The molecule has 0 radical (unpaired) electrons. The number of carbonyl (C=O) groups is 1. The van der Waals surface area contributed by atoms with Crippen LogP contribution < -0.4 is 20.1 Å². The van der Waals surface area contributed by atoms with Crippen molar-refractivity contribution in [2.75, 3.05) is 38.6 Å². The fraction of sp³-hybridized carbons (Fsp3) is 0.375. The van der Waals surface area contributed by atoms with E-state index in [9.17, 15) is 9.18 Å². The molecule has 4 rings (SSSR count). The van der Waals surface area contributed by atoms with Crippen molar-refractivity contribution in [2.45, 2.75) is 25.9 Å². The first kappa shape index (κ1) is 24.0. The maximum Gasteiger partial charge on any atom is 0.318 e. The van der Waals surface area contributed by atoms with E-state index >= 15 is 0 Å². The molecule has 2 heterocycles. The third-order valence-corrected chi connectivity index (χ3v) is 5.94. The van der Waals surface area contributed by atoms with Gasteiger partial charge in [0.1, 0.15) is 23.5 Å². The quantitative estimate of drug-likeness (QED) is 0.493. The van der Waals surface area contributed by atoms with Crippen molar-refractivity contribution in [1.82, 2.24) is 20.2 Å². The number of hydrogen-bond acceptors (Lipinski definition) is 7. The average molecular weight is 488 g/mol. The lowest BCUT2D eigenvalue weighted by Gasteiger charge is -2.32. The Morgan fingerprint density at radius 3 is 2.71 bits per heavy atom. The van der Waals surface area contributed by atoms with Crippen LogP contribution in [0.2, 0.25) is 5.02 Å². The van der Waals surface area contributed by atoms with Crippen LogP contribution >= 0.6 is 11.6 Å². The Morgan fingerprint density at radius 2 is 2.00 bits per heavy atom. The summed E-state index contributed by atoms with van der Waals surface area (Å²) in [5.74, 6) is 0.725. The average Bonchev–Trinajstić information content (AvgIpc) is 2.82. The van der Waals surface area contributed by atoms with Crippen molar-refractivity contribution < 1.29 is 18.7 Å². The number of piperidine rings is 1. The van der Waals surface area contributed by atoms with E-state index in [0.717, 1.165) is 43.6 Å². The highest BCUT2D eigenvalue weighted by atomic mass is 35.5. The van der Waals surface area contributed by atoms with Gasteiger partial charge in [0.25, 0.3) is 0 Å². The first-order valence-corrected chi connectivity index (χ1v) is 11.5. The van der Waals surface area contributed by atoms with Gasteiger partial charge in [-0.05, 0) is 49.2 Å². The lowest BCUT2D eigenvalue weighted by molar-refractivity contribution is -0.119. The highest BCUT2D eigenvalue weighted by Gasteiger charge is 2.21. The SMILES string of the molecule is COc1nc(Nc2ccc(F)c(Cl)c2)c2cc(OC3CCN(CCNC(C)=O)CC3)ccc2n1. The molecule has 1 amide bonds. The number of benzene rings is 2. The minimum absolute atomic E-state index is 0.00694. The first-order valence-electron chi connectivity index (χ1n) is 11.1. The molecule has 0 atom stereocenters. The summed E-state index contributed by atoms with van der Waals surface area (Å²) in [5, 5.41) is 6.77. The van der Waals surface area contributed by atoms with Crippen LogP contribution in [-0.2, 0) is 4.79 Å². The highest BCUT2D eigenvalue weighted by Crippen LogP contribution is 2.31. The van der Waals surface area contributed by atoms with Crippen LogP contribution in [0.3, 0.4) is 0 Å². The standard InChI is InChI=1S/C24H27ClFN5O3/c1-15(32)27-9-12-31-10-7-17(8-11-31)34-18-4-6-22-19(14-18)23(30-24(29-22)33-2)28-16-3-5-21(26)20(25)13-16/h3-6,13-14,17H,7-12H2,1-2H3,(H,27,32)(H,28,29,30). The second-order valence-corrected chi connectivity index (χ2v) is 8.54. The zero-order valence-electron chi connectivity index (χ0n) is 19.1. The Balaban J connectivity index is 1.47. The fourth-order valence-corrected chi connectivity index (χ4v) is 4.07. The Hall–Kier alpha value is -3.17. The Labute approximate surface area is 202 Å². The van der Waals surface area contributed by atoms with E-state index in [0.29, 0.717) is 23.6 Å². The molecule has 10 heteroatoms. The number of hydrogen-bond donors (Lipinski definition) is 2. The minimum Gasteiger partial charge on any atom is -0.490 e. The number of methoxy groups -OCH3 is 1. The van der Waals surface area contributed by atoms with Gasteiger partial charge < -0.3 is 25.0 Å². The van der Waals surface area contributed by atoms with Crippen LogP contribution in [-0.4, -0.2) is 60.2 Å². The second-order valence-electron chi connectivity index (χ2n) is 8.13. The molecule has 0 spiro atoms. The Bertz CT molecular complexity index is 1170. The van der Waals surface area contributed by atoms with Crippen LogP contribution in [0.4, 0.5) is 15.9 Å². The first-order chi connectivity index (χ1) is 16.4. The summed E-state index contributed by atoms with van der Waals surface area (Å²) in [6.45, 7) is 4.85. The van der Waals surface area contributed by atoms with Gasteiger partial charge in [-0.15, -0.1) is 0 Å². The Kier molecular flexibility index (Phi) is 7.64. The Morgan fingerprint density at radius 1 is 1.21 bits per heavy atom. The summed E-state index contributed by atoms with van der Waals surface area (Å²) >= 11 is 5.93. The predicted octanol–water partition coefficient (Wildman–Crippen LogP) is 4.15. The number of ether oxygens (including phenoxy) is 2. The molecule has 0 aliphatic carbocycles. The van der Waals surface area contributed by atoms with E-state index in [-0.39, 0.29) is 23.0 Å². The van der Waals surface area contributed by atoms with Gasteiger partial charge in [0.2, 0.25) is 5.91 Å². The molecule has 3 aromatic rings. The number of amides is 1. The van der Waals surface area contributed by atoms with Gasteiger partial charge in [-0.1, -0.05) is 11.6 Å². The normalized spacial score (nSPS) is 14.7. The summed E-state index contributed by atoms with van der Waals surface area (Å²) in [4.78, 5) is 22.2. The van der Waals surface area contributed by atoms with Crippen molar-refractivity contribution in [3.63, 3.8) is 0 Å². The minimum atomic E-state index is -0.491. The number of aromatic nitrogens is 2. The van der Waals surface area contributed by atoms with Crippen molar-refractivity contribution in [2.24, 2.45) is 0 Å². The largest absolute Gasteiger partial charge is 0.490 e. The molecule has 0 bridgehead atoms. The van der Waals surface area contributed by atoms with Gasteiger partial charge in [-0.3, -0.25) is 4.79 Å². The van der Waals surface area contributed by atoms with E-state index in [2.05, 4.69) is 25.5 Å². The number of likely N-dealkylation sites (tertiary alicyclic amines) is 1. The van der Waals surface area contributed by atoms with E-state index < -0.39 is 5.82 Å². The van der Waals surface area contributed by atoms with E-state index in [1.807, 2.05) is 18.2 Å². The highest BCUT2D eigenvalue weighted by molar-refractivity contribution is 6.31. The molecule has 1 fully saturated rings. The number of nitrogens with one attached hydrogen (secondary N) is 2. The molecule has 2 aromatic carbocycles. The molecule has 34 heavy (non-hydrogen) atoms. The van der Waals surface area contributed by atoms with Crippen molar-refractivity contribution in [3.05, 3.63) is 47.2 Å². The van der Waals surface area contributed by atoms with Crippen LogP contribution in [0.25, 0.3) is 10.9 Å². The van der Waals surface area contributed by atoms with E-state index in [4.69, 9.17) is 21.1 Å². The molecule has 180 valence electrons. The van der Waals surface area contributed by atoms with E-state index in [1.54, 1.807) is 6.07 Å². The number of halogens is 2. The molecule has 2 N–H and O–H groups in total. The summed E-state index contributed by atoms with van der Waals surface area (Å²) in [5.41, 5.74) is 1.27. The van der Waals surface area contributed by atoms with Gasteiger partial charge in [0.05, 0.1) is 17.6 Å². The van der Waals surface area contributed by atoms with E-state index in [1.165, 1.54) is 26.2 Å². The monoisotopic (exact) mass is 487 g/mol. The maximum absolute atomic E-state index is 13.6. The molecular weight excluding hydrogens is 461 g/mol. The van der Waals surface area contributed by atoms with Crippen LogP contribution in [0, 0.1) is 5.82 Å².